The molecule has 0 amide bonds. The van der Waals surface area contributed by atoms with E-state index in [-0.39, 0.29) is 6.04 Å². The van der Waals surface area contributed by atoms with Crippen LogP contribution in [0.2, 0.25) is 0 Å². The van der Waals surface area contributed by atoms with Gasteiger partial charge in [-0.25, -0.2) is 0 Å². The van der Waals surface area contributed by atoms with Gasteiger partial charge in [0, 0.05) is 21.1 Å². The molecule has 0 saturated carbocycles. The van der Waals surface area contributed by atoms with Crippen molar-refractivity contribution in [3.05, 3.63) is 33.0 Å². The molecular weight excluding hydrogens is 378 g/mol. The number of rotatable bonds is 5. The summed E-state index contributed by atoms with van der Waals surface area (Å²) in [5.41, 5.74) is 6.73. The van der Waals surface area contributed by atoms with E-state index >= 15 is 0 Å². The second-order valence-corrected chi connectivity index (χ2v) is 5.71. The van der Waals surface area contributed by atoms with E-state index in [1.54, 1.807) is 0 Å². The lowest BCUT2D eigenvalue weighted by Gasteiger charge is -2.05. The number of nitrogens with two attached hydrogens (primary N) is 1. The molecule has 0 saturated heterocycles. The number of nitrogens with zero attached hydrogens (tertiary/aromatic N) is 2. The van der Waals surface area contributed by atoms with Crippen LogP contribution in [-0.2, 0) is 4.74 Å². The van der Waals surface area contributed by atoms with Gasteiger partial charge in [-0.3, -0.25) is 0 Å². The van der Waals surface area contributed by atoms with Crippen molar-refractivity contribution in [2.75, 3.05) is 13.2 Å². The van der Waals surface area contributed by atoms with Gasteiger partial charge in [0.2, 0.25) is 0 Å². The van der Waals surface area contributed by atoms with Crippen LogP contribution in [0.25, 0.3) is 11.5 Å². The van der Waals surface area contributed by atoms with Gasteiger partial charge in [-0.15, -0.1) is 0 Å². The van der Waals surface area contributed by atoms with Gasteiger partial charge in [-0.1, -0.05) is 37.0 Å². The number of ether oxygens (including phenoxy) is 1. The second-order valence-electron chi connectivity index (χ2n) is 3.88. The lowest BCUT2D eigenvalue weighted by Crippen LogP contribution is -2.18. The first-order valence-electron chi connectivity index (χ1n) is 5.73. The maximum Gasteiger partial charge on any atom is 0.258 e. The molecule has 2 rings (SSSR count). The van der Waals surface area contributed by atoms with Crippen LogP contribution in [0.4, 0.5) is 0 Å². The van der Waals surface area contributed by atoms with Crippen molar-refractivity contribution in [2.24, 2.45) is 5.73 Å². The monoisotopic (exact) mass is 389 g/mol. The van der Waals surface area contributed by atoms with Crippen LogP contribution in [0.3, 0.4) is 0 Å². The predicted molar refractivity (Wildman–Crippen MR) is 78.6 cm³/mol. The third-order valence-corrected chi connectivity index (χ3v) is 3.30. The summed E-state index contributed by atoms with van der Waals surface area (Å²) in [5.74, 6) is 0.878. The smallest absolute Gasteiger partial charge is 0.258 e. The molecule has 0 aliphatic heterocycles. The third-order valence-electron chi connectivity index (χ3n) is 2.38. The SMILES string of the molecule is CCOCC(N)c1noc(-c2cc(Br)cc(Br)c2)n1. The Kier molecular flexibility index (Phi) is 5.09. The van der Waals surface area contributed by atoms with E-state index in [4.69, 9.17) is 15.0 Å². The first-order valence-corrected chi connectivity index (χ1v) is 7.32. The highest BCUT2D eigenvalue weighted by Crippen LogP contribution is 2.27. The van der Waals surface area contributed by atoms with E-state index in [1.807, 2.05) is 25.1 Å². The van der Waals surface area contributed by atoms with Gasteiger partial charge in [-0.05, 0) is 25.1 Å². The topological polar surface area (TPSA) is 74.2 Å². The van der Waals surface area contributed by atoms with E-state index in [1.165, 1.54) is 0 Å². The molecule has 0 aliphatic rings. The van der Waals surface area contributed by atoms with E-state index in [2.05, 4.69) is 42.0 Å². The molecule has 0 radical (unpaired) electrons. The molecular formula is C12H13Br2N3O2. The number of aromatic nitrogens is 2. The highest BCUT2D eigenvalue weighted by atomic mass is 79.9. The van der Waals surface area contributed by atoms with Crippen molar-refractivity contribution in [3.8, 4) is 11.5 Å². The highest BCUT2D eigenvalue weighted by Gasteiger charge is 2.15. The van der Waals surface area contributed by atoms with Crippen molar-refractivity contribution in [1.29, 1.82) is 0 Å². The number of benzene rings is 1. The Morgan fingerprint density at radius 3 is 2.63 bits per heavy atom. The Morgan fingerprint density at radius 1 is 1.32 bits per heavy atom. The Morgan fingerprint density at radius 2 is 2.00 bits per heavy atom. The van der Waals surface area contributed by atoms with Crippen molar-refractivity contribution in [3.63, 3.8) is 0 Å². The largest absolute Gasteiger partial charge is 0.380 e. The number of halogens is 2. The summed E-state index contributed by atoms with van der Waals surface area (Å²) in [6, 6.07) is 5.35. The molecule has 1 atom stereocenters. The van der Waals surface area contributed by atoms with Gasteiger partial charge < -0.3 is 15.0 Å². The molecule has 0 aliphatic carbocycles. The molecule has 5 nitrogen and oxygen atoms in total. The summed E-state index contributed by atoms with van der Waals surface area (Å²) in [7, 11) is 0. The van der Waals surface area contributed by atoms with Crippen molar-refractivity contribution in [2.45, 2.75) is 13.0 Å². The number of hydrogen-bond donors (Lipinski definition) is 1. The number of hydrogen-bond acceptors (Lipinski definition) is 5. The molecule has 0 bridgehead atoms. The van der Waals surface area contributed by atoms with E-state index in [0.717, 1.165) is 14.5 Å². The third kappa shape index (κ3) is 3.85. The molecule has 2 aromatic rings. The minimum absolute atomic E-state index is 0.373. The molecule has 19 heavy (non-hydrogen) atoms. The quantitative estimate of drug-likeness (QED) is 0.847. The average molecular weight is 391 g/mol. The van der Waals surface area contributed by atoms with Crippen LogP contribution < -0.4 is 5.73 Å². The van der Waals surface area contributed by atoms with Gasteiger partial charge >= 0.3 is 0 Å². The fourth-order valence-electron chi connectivity index (χ4n) is 1.50. The van der Waals surface area contributed by atoms with E-state index in [9.17, 15) is 0 Å². The normalized spacial score (nSPS) is 12.6. The zero-order valence-corrected chi connectivity index (χ0v) is 13.4. The molecule has 1 heterocycles. The van der Waals surface area contributed by atoms with Gasteiger partial charge in [0.1, 0.15) is 0 Å². The van der Waals surface area contributed by atoms with Crippen molar-refractivity contribution in [1.82, 2.24) is 10.1 Å². The maximum atomic E-state index is 5.90. The Hall–Kier alpha value is -0.760. The Labute approximate surface area is 127 Å². The highest BCUT2D eigenvalue weighted by molar-refractivity contribution is 9.11. The van der Waals surface area contributed by atoms with Gasteiger partial charge in [0.25, 0.3) is 5.89 Å². The van der Waals surface area contributed by atoms with Crippen LogP contribution in [-0.4, -0.2) is 23.4 Å². The van der Waals surface area contributed by atoms with Crippen molar-refractivity contribution < 1.29 is 9.26 Å². The lowest BCUT2D eigenvalue weighted by molar-refractivity contribution is 0.130. The summed E-state index contributed by atoms with van der Waals surface area (Å²) >= 11 is 6.83. The zero-order valence-electron chi connectivity index (χ0n) is 10.3. The Balaban J connectivity index is 2.20. The summed E-state index contributed by atoms with van der Waals surface area (Å²) < 4.78 is 12.3. The standard InChI is InChI=1S/C12H13Br2N3O2/c1-2-18-6-10(15)11-16-12(19-17-11)7-3-8(13)5-9(14)4-7/h3-5,10H,2,6,15H2,1H3. The first kappa shape index (κ1) is 14.6. The lowest BCUT2D eigenvalue weighted by atomic mass is 10.2. The summed E-state index contributed by atoms with van der Waals surface area (Å²) in [5, 5.41) is 3.88. The second kappa shape index (κ2) is 6.60. The molecule has 1 aromatic heterocycles. The van der Waals surface area contributed by atoms with Crippen LogP contribution in [0.15, 0.2) is 31.7 Å². The fourth-order valence-corrected chi connectivity index (χ4v) is 2.79. The van der Waals surface area contributed by atoms with Crippen molar-refractivity contribution >= 4 is 31.9 Å². The predicted octanol–water partition coefficient (Wildman–Crippen LogP) is 3.30. The summed E-state index contributed by atoms with van der Waals surface area (Å²) in [6.07, 6.45) is 0. The van der Waals surface area contributed by atoms with Crippen LogP contribution >= 0.6 is 31.9 Å². The zero-order chi connectivity index (χ0) is 13.8. The fraction of sp³-hybridized carbons (Fsp3) is 0.333. The molecule has 1 unspecified atom stereocenters. The molecule has 0 spiro atoms. The van der Waals surface area contributed by atoms with Crippen LogP contribution in [0, 0.1) is 0 Å². The molecule has 2 N–H and O–H groups in total. The van der Waals surface area contributed by atoms with E-state index in [0.29, 0.717) is 24.9 Å². The summed E-state index contributed by atoms with van der Waals surface area (Å²) in [4.78, 5) is 4.29. The molecule has 102 valence electrons. The van der Waals surface area contributed by atoms with Crippen LogP contribution in [0.1, 0.15) is 18.8 Å². The van der Waals surface area contributed by atoms with E-state index < -0.39 is 0 Å². The minimum Gasteiger partial charge on any atom is -0.380 e. The van der Waals surface area contributed by atoms with Gasteiger partial charge in [0.05, 0.1) is 12.6 Å². The molecule has 7 heteroatoms. The average Bonchev–Trinajstić information content (AvgIpc) is 2.84. The minimum atomic E-state index is -0.381. The maximum absolute atomic E-state index is 5.90. The van der Waals surface area contributed by atoms with Crippen LogP contribution in [0.5, 0.6) is 0 Å². The molecule has 1 aromatic carbocycles. The Bertz CT molecular complexity index is 539. The first-order chi connectivity index (χ1) is 9.10. The summed E-state index contributed by atoms with van der Waals surface area (Å²) in [6.45, 7) is 2.89. The molecule has 0 fully saturated rings. The van der Waals surface area contributed by atoms with Gasteiger partial charge in [-0.2, -0.15) is 4.98 Å². The van der Waals surface area contributed by atoms with Gasteiger partial charge in [0.15, 0.2) is 5.82 Å².